The highest BCUT2D eigenvalue weighted by Crippen LogP contribution is 2.11. The minimum atomic E-state index is 0.269. The number of aliphatic hydroxyl groups excluding tert-OH is 1. The van der Waals surface area contributed by atoms with Crippen molar-refractivity contribution < 1.29 is 5.11 Å². The van der Waals surface area contributed by atoms with E-state index >= 15 is 0 Å². The molecule has 0 aromatic rings. The molecule has 1 nitrogen and oxygen atoms in total. The first-order valence-corrected chi connectivity index (χ1v) is 8.73. The Balaban J connectivity index is 3.10. The summed E-state index contributed by atoms with van der Waals surface area (Å²) in [5.74, 6) is 0.321. The van der Waals surface area contributed by atoms with Gasteiger partial charge in [0.1, 0.15) is 0 Å². The van der Waals surface area contributed by atoms with E-state index in [1.807, 2.05) is 0 Å². The second-order valence-electron chi connectivity index (χ2n) is 5.87. The monoisotopic (exact) mass is 280 g/mol. The first-order valence-electron chi connectivity index (χ1n) is 8.73. The topological polar surface area (TPSA) is 20.2 Å². The molecular weight excluding hydrogens is 244 g/mol. The fraction of sp³-hybridized carbons (Fsp3) is 0.789. The average Bonchev–Trinajstić information content (AvgIpc) is 2.47. The first kappa shape index (κ1) is 19.4. The van der Waals surface area contributed by atoms with Crippen LogP contribution in [0.2, 0.25) is 0 Å². The SMILES string of the molecule is CCC=CCCCCCCCCCCC=CC(C)CO. The molecule has 0 bridgehead atoms. The van der Waals surface area contributed by atoms with Gasteiger partial charge in [0.05, 0.1) is 0 Å². The Morgan fingerprint density at radius 3 is 1.75 bits per heavy atom. The highest BCUT2D eigenvalue weighted by Gasteiger charge is 1.93. The summed E-state index contributed by atoms with van der Waals surface area (Å²) in [6, 6.07) is 0. The van der Waals surface area contributed by atoms with Gasteiger partial charge in [0.2, 0.25) is 0 Å². The summed E-state index contributed by atoms with van der Waals surface area (Å²) in [5.41, 5.74) is 0. The molecule has 0 aliphatic heterocycles. The van der Waals surface area contributed by atoms with Gasteiger partial charge in [-0.3, -0.25) is 0 Å². The molecule has 0 aromatic heterocycles. The number of unbranched alkanes of at least 4 members (excludes halogenated alkanes) is 9. The van der Waals surface area contributed by atoms with Gasteiger partial charge in [-0.2, -0.15) is 0 Å². The normalized spacial score (nSPS) is 13.6. The van der Waals surface area contributed by atoms with E-state index in [0.29, 0.717) is 5.92 Å². The van der Waals surface area contributed by atoms with Gasteiger partial charge in [-0.05, 0) is 38.0 Å². The van der Waals surface area contributed by atoms with Gasteiger partial charge in [-0.25, -0.2) is 0 Å². The van der Waals surface area contributed by atoms with Crippen LogP contribution >= 0.6 is 0 Å². The molecule has 0 amide bonds. The van der Waals surface area contributed by atoms with Crippen molar-refractivity contribution in [1.29, 1.82) is 0 Å². The van der Waals surface area contributed by atoms with Crippen LogP contribution in [0, 0.1) is 5.92 Å². The van der Waals surface area contributed by atoms with Crippen LogP contribution in [0.15, 0.2) is 24.3 Å². The van der Waals surface area contributed by atoms with Crippen molar-refractivity contribution in [3.63, 3.8) is 0 Å². The maximum absolute atomic E-state index is 8.88. The third-order valence-corrected chi connectivity index (χ3v) is 3.65. The van der Waals surface area contributed by atoms with E-state index in [-0.39, 0.29) is 6.61 Å². The zero-order valence-corrected chi connectivity index (χ0v) is 13.8. The maximum Gasteiger partial charge on any atom is 0.0491 e. The molecule has 0 aliphatic carbocycles. The lowest BCUT2D eigenvalue weighted by Crippen LogP contribution is -1.94. The van der Waals surface area contributed by atoms with E-state index in [0.717, 1.165) is 0 Å². The highest BCUT2D eigenvalue weighted by atomic mass is 16.3. The predicted molar refractivity (Wildman–Crippen MR) is 91.0 cm³/mol. The standard InChI is InChI=1S/C19H36O/c1-3-4-5-6-7-8-9-10-11-12-13-14-15-16-17-19(2)18-20/h4-5,16-17,19-20H,3,6-15,18H2,1-2H3. The Morgan fingerprint density at radius 1 is 0.750 bits per heavy atom. The molecule has 0 rings (SSSR count). The lowest BCUT2D eigenvalue weighted by Gasteiger charge is -2.01. The van der Waals surface area contributed by atoms with Gasteiger partial charge in [0, 0.05) is 6.61 Å². The largest absolute Gasteiger partial charge is 0.396 e. The summed E-state index contributed by atoms with van der Waals surface area (Å²) in [5, 5.41) is 8.88. The van der Waals surface area contributed by atoms with Crippen LogP contribution < -0.4 is 0 Å². The van der Waals surface area contributed by atoms with Crippen LogP contribution in [0.4, 0.5) is 0 Å². The van der Waals surface area contributed by atoms with Crippen LogP contribution in [0.5, 0.6) is 0 Å². The van der Waals surface area contributed by atoms with Crippen LogP contribution in [0.3, 0.4) is 0 Å². The Morgan fingerprint density at radius 2 is 1.25 bits per heavy atom. The molecule has 20 heavy (non-hydrogen) atoms. The summed E-state index contributed by atoms with van der Waals surface area (Å²) >= 11 is 0. The molecule has 0 heterocycles. The van der Waals surface area contributed by atoms with E-state index in [1.54, 1.807) is 0 Å². The van der Waals surface area contributed by atoms with Gasteiger partial charge in [0.15, 0.2) is 0 Å². The number of allylic oxidation sites excluding steroid dienone is 3. The summed E-state index contributed by atoms with van der Waals surface area (Å²) < 4.78 is 0. The molecule has 1 atom stereocenters. The minimum absolute atomic E-state index is 0.269. The Labute approximate surface area is 127 Å². The van der Waals surface area contributed by atoms with Crippen molar-refractivity contribution in [3.05, 3.63) is 24.3 Å². The fourth-order valence-corrected chi connectivity index (χ4v) is 2.26. The van der Waals surface area contributed by atoms with Gasteiger partial charge < -0.3 is 5.11 Å². The Kier molecular flexibility index (Phi) is 16.0. The molecule has 0 saturated heterocycles. The van der Waals surface area contributed by atoms with Crippen molar-refractivity contribution in [2.75, 3.05) is 6.61 Å². The van der Waals surface area contributed by atoms with E-state index in [4.69, 9.17) is 5.11 Å². The highest BCUT2D eigenvalue weighted by molar-refractivity contribution is 4.85. The van der Waals surface area contributed by atoms with Crippen molar-refractivity contribution in [3.8, 4) is 0 Å². The summed E-state index contributed by atoms with van der Waals surface area (Å²) in [4.78, 5) is 0. The van der Waals surface area contributed by atoms with Crippen LogP contribution in [-0.4, -0.2) is 11.7 Å². The van der Waals surface area contributed by atoms with Crippen molar-refractivity contribution >= 4 is 0 Å². The summed E-state index contributed by atoms with van der Waals surface area (Å²) in [6.07, 6.45) is 23.6. The Bertz CT molecular complexity index is 230. The second kappa shape index (κ2) is 16.5. The van der Waals surface area contributed by atoms with Crippen molar-refractivity contribution in [2.45, 2.75) is 84.5 Å². The zero-order chi connectivity index (χ0) is 14.9. The quantitative estimate of drug-likeness (QED) is 0.304. The number of hydrogen-bond donors (Lipinski definition) is 1. The van der Waals surface area contributed by atoms with Gasteiger partial charge in [-0.1, -0.05) is 76.7 Å². The molecule has 0 aliphatic rings. The summed E-state index contributed by atoms with van der Waals surface area (Å²) in [7, 11) is 0. The van der Waals surface area contributed by atoms with E-state index in [1.165, 1.54) is 70.6 Å². The van der Waals surface area contributed by atoms with Gasteiger partial charge in [0.25, 0.3) is 0 Å². The molecule has 0 aromatic carbocycles. The van der Waals surface area contributed by atoms with E-state index < -0.39 is 0 Å². The third kappa shape index (κ3) is 15.5. The number of rotatable bonds is 14. The molecule has 1 heteroatoms. The summed E-state index contributed by atoms with van der Waals surface area (Å²) in [6.45, 7) is 4.51. The molecule has 118 valence electrons. The van der Waals surface area contributed by atoms with E-state index in [9.17, 15) is 0 Å². The molecular formula is C19H36O. The lowest BCUT2D eigenvalue weighted by atomic mass is 10.1. The van der Waals surface area contributed by atoms with E-state index in [2.05, 4.69) is 38.2 Å². The van der Waals surface area contributed by atoms with Crippen molar-refractivity contribution in [2.24, 2.45) is 5.92 Å². The lowest BCUT2D eigenvalue weighted by molar-refractivity contribution is 0.262. The number of hydrogen-bond acceptors (Lipinski definition) is 1. The molecule has 0 saturated carbocycles. The van der Waals surface area contributed by atoms with Crippen molar-refractivity contribution in [1.82, 2.24) is 0 Å². The molecule has 1 N–H and O–H groups in total. The Hall–Kier alpha value is -0.560. The van der Waals surface area contributed by atoms with Crippen LogP contribution in [0.25, 0.3) is 0 Å². The van der Waals surface area contributed by atoms with Gasteiger partial charge >= 0.3 is 0 Å². The predicted octanol–water partition coefficient (Wildman–Crippen LogP) is 6.04. The zero-order valence-electron chi connectivity index (χ0n) is 13.8. The third-order valence-electron chi connectivity index (χ3n) is 3.65. The van der Waals surface area contributed by atoms with Gasteiger partial charge in [-0.15, -0.1) is 0 Å². The van der Waals surface area contributed by atoms with Crippen LogP contribution in [0.1, 0.15) is 84.5 Å². The average molecular weight is 280 g/mol. The second-order valence-corrected chi connectivity index (χ2v) is 5.87. The van der Waals surface area contributed by atoms with Crippen LogP contribution in [-0.2, 0) is 0 Å². The molecule has 0 radical (unpaired) electrons. The molecule has 1 unspecified atom stereocenters. The molecule has 0 spiro atoms. The fourth-order valence-electron chi connectivity index (χ4n) is 2.26. The first-order chi connectivity index (χ1) is 9.81. The minimum Gasteiger partial charge on any atom is -0.396 e. The number of aliphatic hydroxyl groups is 1. The molecule has 0 fully saturated rings. The smallest absolute Gasteiger partial charge is 0.0491 e. The maximum atomic E-state index is 8.88.